The Labute approximate surface area is 41.2 Å². The molecule has 0 bridgehead atoms. The number of hydrogen-bond acceptors (Lipinski definition) is 0. The zero-order valence-corrected chi connectivity index (χ0v) is 4.99. The molecule has 0 amide bonds. The van der Waals surface area contributed by atoms with Gasteiger partial charge in [0, 0.05) is 0 Å². The number of hydrogen-bond donors (Lipinski definition) is 0. The van der Waals surface area contributed by atoms with E-state index in [0.29, 0.717) is 0 Å². The molecule has 1 atom stereocenters. The van der Waals surface area contributed by atoms with Gasteiger partial charge in [-0.2, -0.15) is 0 Å². The van der Waals surface area contributed by atoms with Crippen LogP contribution in [0.25, 0.3) is 0 Å². The van der Waals surface area contributed by atoms with Gasteiger partial charge < -0.3 is 0 Å². The second-order valence-electron chi connectivity index (χ2n) is 1.92. The van der Waals surface area contributed by atoms with Gasteiger partial charge in [0.05, 0.1) is 0 Å². The molecule has 0 rings (SSSR count). The van der Waals surface area contributed by atoms with Crippen LogP contribution >= 0.6 is 0 Å². The summed E-state index contributed by atoms with van der Waals surface area (Å²) in [5.74, 6) is 0.935. The molecule has 0 saturated carbocycles. The summed E-state index contributed by atoms with van der Waals surface area (Å²) in [5, 5.41) is 0. The first-order chi connectivity index (χ1) is 2.81. The second kappa shape index (κ2) is 3.26. The molecule has 0 N–H and O–H groups in total. The maximum absolute atomic E-state index is 2.28. The maximum atomic E-state index is 2.28. The minimum Gasteiger partial charge on any atom is -0.0891 e. The largest absolute Gasteiger partial charge is 0.120 e. The normalized spacial score (nSPS) is 13.8. The van der Waals surface area contributed by atoms with Gasteiger partial charge in [-0.25, -0.2) is 0 Å². The summed E-state index contributed by atoms with van der Waals surface area (Å²) in [6.45, 7) is 6.74. The highest BCUT2D eigenvalue weighted by atomic mass is 13.8. The van der Waals surface area contributed by atoms with Gasteiger partial charge in [-0.15, -0.1) is 0 Å². The molecule has 1 unspecified atom stereocenters. The Bertz CT molecular complexity index is 23.1. The van der Waals surface area contributed by atoms with E-state index >= 15 is 0 Å². The van der Waals surface area contributed by atoms with Crippen LogP contribution < -0.4 is 0 Å². The van der Waals surface area contributed by atoms with E-state index in [2.05, 4.69) is 20.7 Å². The van der Waals surface area contributed by atoms with Crippen molar-refractivity contribution in [3.63, 3.8) is 0 Å². The Morgan fingerprint density at radius 2 is 2.17 bits per heavy atom. The smallest absolute Gasteiger partial charge is 0.0891 e. The Kier molecular flexibility index (Phi) is 3.30. The predicted molar refractivity (Wildman–Crippen MR) is 32.7 cm³/mol. The van der Waals surface area contributed by atoms with Crippen molar-refractivity contribution in [3.8, 4) is 0 Å². The van der Waals surface area contributed by atoms with Crippen LogP contribution in [0.4, 0.5) is 0 Å². The summed E-state index contributed by atoms with van der Waals surface area (Å²) in [6.07, 6.45) is 1.33. The van der Waals surface area contributed by atoms with Crippen LogP contribution in [0.3, 0.4) is 0 Å². The predicted octanol–water partition coefficient (Wildman–Crippen LogP) is 1.69. The van der Waals surface area contributed by atoms with Crippen LogP contribution in [0.1, 0.15) is 20.3 Å². The van der Waals surface area contributed by atoms with Crippen LogP contribution in [0.5, 0.6) is 0 Å². The Morgan fingerprint density at radius 3 is 2.17 bits per heavy atom. The molecule has 0 radical (unpaired) electrons. The minimum absolute atomic E-state index is 0.935. The van der Waals surface area contributed by atoms with Crippen LogP contribution in [0.15, 0.2) is 0 Å². The van der Waals surface area contributed by atoms with Crippen molar-refractivity contribution in [2.75, 3.05) is 0 Å². The average molecular weight is 84.0 g/mol. The summed E-state index contributed by atoms with van der Waals surface area (Å²) in [7, 11) is 1.33. The molecule has 0 aromatic rings. The highest BCUT2D eigenvalue weighted by Gasteiger charge is 1.91. The Balaban J connectivity index is 2.75. The Hall–Kier alpha value is 0.0649. The fraction of sp³-hybridized carbons (Fsp3) is 1.00. The van der Waals surface area contributed by atoms with Gasteiger partial charge in [0.25, 0.3) is 0 Å². The zero-order chi connectivity index (χ0) is 4.99. The summed E-state index contributed by atoms with van der Waals surface area (Å²) in [6, 6.07) is 0. The monoisotopic (exact) mass is 84.1 g/mol. The van der Waals surface area contributed by atoms with Crippen molar-refractivity contribution in [2.45, 2.75) is 32.9 Å². The SMILES string of the molecule is CBC(C)CC. The lowest BCUT2D eigenvalue weighted by atomic mass is 9.67. The highest BCUT2D eigenvalue weighted by Crippen LogP contribution is 2.03. The quantitative estimate of drug-likeness (QED) is 0.446. The van der Waals surface area contributed by atoms with E-state index in [4.69, 9.17) is 0 Å². The van der Waals surface area contributed by atoms with Crippen molar-refractivity contribution in [1.29, 1.82) is 0 Å². The van der Waals surface area contributed by atoms with E-state index in [1.54, 1.807) is 0 Å². The molecule has 0 nitrogen and oxygen atoms in total. The summed E-state index contributed by atoms with van der Waals surface area (Å²) in [5.41, 5.74) is 0. The lowest BCUT2D eigenvalue weighted by molar-refractivity contribution is 0.871. The first-order valence-electron chi connectivity index (χ1n) is 2.81. The molecule has 0 aliphatic carbocycles. The van der Waals surface area contributed by atoms with Gasteiger partial charge in [-0.3, -0.25) is 0 Å². The average Bonchev–Trinajstić information content (AvgIpc) is 1.65. The third-order valence-electron chi connectivity index (χ3n) is 1.39. The molecule has 0 aliphatic rings. The van der Waals surface area contributed by atoms with Crippen LogP contribution in [0, 0.1) is 0 Å². The molecule has 0 fully saturated rings. The van der Waals surface area contributed by atoms with E-state index in [0.717, 1.165) is 5.82 Å². The third kappa shape index (κ3) is 2.31. The molecular formula is C5H13B. The molecule has 0 aromatic carbocycles. The lowest BCUT2D eigenvalue weighted by Gasteiger charge is -1.96. The van der Waals surface area contributed by atoms with E-state index < -0.39 is 0 Å². The van der Waals surface area contributed by atoms with E-state index in [1.165, 1.54) is 13.7 Å². The van der Waals surface area contributed by atoms with Crippen LogP contribution in [-0.2, 0) is 0 Å². The molecule has 36 valence electrons. The lowest BCUT2D eigenvalue weighted by Crippen LogP contribution is -1.89. The maximum Gasteiger partial charge on any atom is 0.120 e. The molecule has 0 spiro atoms. The highest BCUT2D eigenvalue weighted by molar-refractivity contribution is 6.35. The zero-order valence-electron chi connectivity index (χ0n) is 4.99. The topological polar surface area (TPSA) is 0 Å². The van der Waals surface area contributed by atoms with Gasteiger partial charge in [0.15, 0.2) is 0 Å². The molecule has 0 heterocycles. The molecule has 0 aliphatic heterocycles. The summed E-state index contributed by atoms with van der Waals surface area (Å²) < 4.78 is 0. The van der Waals surface area contributed by atoms with Crippen molar-refractivity contribution in [3.05, 3.63) is 0 Å². The Morgan fingerprint density at radius 1 is 1.67 bits per heavy atom. The van der Waals surface area contributed by atoms with Gasteiger partial charge >= 0.3 is 0 Å². The van der Waals surface area contributed by atoms with Crippen molar-refractivity contribution >= 4 is 7.28 Å². The first kappa shape index (κ1) is 6.06. The third-order valence-corrected chi connectivity index (χ3v) is 1.39. The first-order valence-corrected chi connectivity index (χ1v) is 2.81. The summed E-state index contributed by atoms with van der Waals surface area (Å²) in [4.78, 5) is 0. The van der Waals surface area contributed by atoms with Crippen LogP contribution in [-0.4, -0.2) is 7.28 Å². The standard InChI is InChI=1S/C5H13B/c1-4-5(2)6-3/h5-6H,4H2,1-3H3. The van der Waals surface area contributed by atoms with Crippen molar-refractivity contribution < 1.29 is 0 Å². The van der Waals surface area contributed by atoms with E-state index in [9.17, 15) is 0 Å². The molecule has 1 heteroatoms. The van der Waals surface area contributed by atoms with Crippen molar-refractivity contribution in [2.24, 2.45) is 0 Å². The van der Waals surface area contributed by atoms with E-state index in [-0.39, 0.29) is 0 Å². The molecule has 6 heavy (non-hydrogen) atoms. The molecular weight excluding hydrogens is 70.9 g/mol. The fourth-order valence-electron chi connectivity index (χ4n) is 0.289. The van der Waals surface area contributed by atoms with Gasteiger partial charge in [-0.05, 0) is 0 Å². The number of rotatable bonds is 2. The van der Waals surface area contributed by atoms with Gasteiger partial charge in [0.2, 0.25) is 0 Å². The second-order valence-corrected chi connectivity index (χ2v) is 1.92. The molecule has 0 aromatic heterocycles. The molecule has 0 saturated heterocycles. The van der Waals surface area contributed by atoms with E-state index in [1.807, 2.05) is 0 Å². The van der Waals surface area contributed by atoms with Gasteiger partial charge in [-0.1, -0.05) is 32.9 Å². The van der Waals surface area contributed by atoms with Gasteiger partial charge in [0.1, 0.15) is 7.28 Å². The summed E-state index contributed by atoms with van der Waals surface area (Å²) >= 11 is 0. The van der Waals surface area contributed by atoms with Crippen molar-refractivity contribution in [1.82, 2.24) is 0 Å². The van der Waals surface area contributed by atoms with Crippen LogP contribution in [0.2, 0.25) is 12.6 Å². The fourth-order valence-corrected chi connectivity index (χ4v) is 0.289. The minimum atomic E-state index is 0.935.